The van der Waals surface area contributed by atoms with Crippen molar-refractivity contribution in [2.45, 2.75) is 6.04 Å². The molecular formula is C19H20Br2N6O5S. The van der Waals surface area contributed by atoms with Gasteiger partial charge in [0.25, 0.3) is 10.2 Å². The van der Waals surface area contributed by atoms with E-state index in [-0.39, 0.29) is 31.7 Å². The van der Waals surface area contributed by atoms with Crippen LogP contribution in [0.4, 0.5) is 0 Å². The standard InChI is InChI=1S/C19H20Br2N6O5S/c1-30-10-15(27-33(22,28)29)17-16(12-2-4-13(20)5-3-12)18(26-11-25-17)31-6-7-32-19-23-8-14(21)9-24-19/h2-5,8-9,11,15,27H,6-7,10H2,1H3,(H2,22,28,29). The molecule has 0 aliphatic rings. The molecule has 1 aromatic carbocycles. The second-order valence-electron chi connectivity index (χ2n) is 6.50. The molecule has 3 aromatic rings. The number of nitrogens with one attached hydrogen (secondary N) is 1. The van der Waals surface area contributed by atoms with Gasteiger partial charge in [-0.1, -0.05) is 28.1 Å². The number of nitrogens with zero attached hydrogens (tertiary/aromatic N) is 4. The van der Waals surface area contributed by atoms with Crippen LogP contribution in [0.5, 0.6) is 11.9 Å². The van der Waals surface area contributed by atoms with Gasteiger partial charge in [-0.25, -0.2) is 25.1 Å². The number of hydrogen-bond donors (Lipinski definition) is 2. The third-order valence-corrected chi connectivity index (χ3v) is 5.65. The van der Waals surface area contributed by atoms with Crippen LogP contribution in [-0.4, -0.2) is 55.3 Å². The first-order chi connectivity index (χ1) is 15.8. The number of halogens is 2. The maximum absolute atomic E-state index is 11.7. The highest BCUT2D eigenvalue weighted by atomic mass is 79.9. The molecule has 1 atom stereocenters. The maximum atomic E-state index is 11.7. The van der Waals surface area contributed by atoms with E-state index >= 15 is 0 Å². The van der Waals surface area contributed by atoms with Crippen molar-refractivity contribution in [3.05, 3.63) is 57.6 Å². The van der Waals surface area contributed by atoms with Crippen molar-refractivity contribution in [3.8, 4) is 23.0 Å². The van der Waals surface area contributed by atoms with E-state index in [1.54, 1.807) is 12.4 Å². The normalized spacial score (nSPS) is 12.4. The molecule has 0 saturated carbocycles. The van der Waals surface area contributed by atoms with E-state index in [9.17, 15) is 8.42 Å². The molecule has 11 nitrogen and oxygen atoms in total. The smallest absolute Gasteiger partial charge is 0.316 e. The zero-order valence-corrected chi connectivity index (χ0v) is 21.3. The van der Waals surface area contributed by atoms with Gasteiger partial charge in [-0.2, -0.15) is 13.1 Å². The number of hydrogen-bond acceptors (Lipinski definition) is 9. The van der Waals surface area contributed by atoms with Gasteiger partial charge in [-0.15, -0.1) is 0 Å². The fraction of sp³-hybridized carbons (Fsp3) is 0.263. The first-order valence-corrected chi connectivity index (χ1v) is 12.5. The molecule has 0 radical (unpaired) electrons. The van der Waals surface area contributed by atoms with Crippen molar-refractivity contribution in [1.82, 2.24) is 24.7 Å². The second-order valence-corrected chi connectivity index (χ2v) is 9.65. The second kappa shape index (κ2) is 11.8. The van der Waals surface area contributed by atoms with Crippen LogP contribution in [0.25, 0.3) is 11.1 Å². The van der Waals surface area contributed by atoms with Gasteiger partial charge >= 0.3 is 6.01 Å². The first kappa shape index (κ1) is 25.4. The van der Waals surface area contributed by atoms with Gasteiger partial charge in [0.05, 0.1) is 28.4 Å². The van der Waals surface area contributed by atoms with Crippen LogP contribution < -0.4 is 19.3 Å². The average molecular weight is 604 g/mol. The molecule has 14 heteroatoms. The quantitative estimate of drug-likeness (QED) is 0.315. The van der Waals surface area contributed by atoms with Crippen LogP contribution in [0.1, 0.15) is 11.7 Å². The lowest BCUT2D eigenvalue weighted by Gasteiger charge is -2.21. The lowest BCUT2D eigenvalue weighted by molar-refractivity contribution is 0.173. The van der Waals surface area contributed by atoms with E-state index in [2.05, 4.69) is 56.5 Å². The van der Waals surface area contributed by atoms with Gasteiger partial charge in [-0.05, 0) is 33.6 Å². The minimum Gasteiger partial charge on any atom is -0.474 e. The summed E-state index contributed by atoms with van der Waals surface area (Å²) in [5, 5.41) is 5.21. The fourth-order valence-corrected chi connectivity index (χ4v) is 3.87. The molecule has 3 rings (SSSR count). The third kappa shape index (κ3) is 7.65. The van der Waals surface area contributed by atoms with Crippen molar-refractivity contribution in [1.29, 1.82) is 0 Å². The molecule has 2 aromatic heterocycles. The summed E-state index contributed by atoms with van der Waals surface area (Å²) < 4.78 is 43.9. The Labute approximate surface area is 207 Å². The van der Waals surface area contributed by atoms with Gasteiger partial charge in [-0.3, -0.25) is 0 Å². The Morgan fingerprint density at radius 3 is 2.30 bits per heavy atom. The van der Waals surface area contributed by atoms with Crippen LogP contribution in [0.2, 0.25) is 0 Å². The van der Waals surface area contributed by atoms with E-state index in [0.29, 0.717) is 16.8 Å². The van der Waals surface area contributed by atoms with E-state index in [1.807, 2.05) is 24.3 Å². The van der Waals surface area contributed by atoms with Crippen LogP contribution in [-0.2, 0) is 14.9 Å². The fourth-order valence-electron chi connectivity index (χ4n) is 2.82. The topological polar surface area (TPSA) is 151 Å². The Morgan fingerprint density at radius 2 is 1.67 bits per heavy atom. The minimum absolute atomic E-state index is 0.0135. The van der Waals surface area contributed by atoms with E-state index in [4.69, 9.17) is 19.3 Å². The lowest BCUT2D eigenvalue weighted by Crippen LogP contribution is -2.37. The molecule has 2 heterocycles. The molecule has 0 saturated heterocycles. The summed E-state index contributed by atoms with van der Waals surface area (Å²) in [6.45, 7) is 0.259. The summed E-state index contributed by atoms with van der Waals surface area (Å²) in [7, 11) is -2.60. The molecule has 176 valence electrons. The minimum atomic E-state index is -4.04. The summed E-state index contributed by atoms with van der Waals surface area (Å²) in [5.41, 5.74) is 1.54. The Kier molecular flexibility index (Phi) is 9.05. The molecule has 0 spiro atoms. The molecule has 0 aliphatic carbocycles. The number of rotatable bonds is 11. The highest BCUT2D eigenvalue weighted by Gasteiger charge is 2.25. The van der Waals surface area contributed by atoms with Crippen LogP contribution in [0, 0.1) is 0 Å². The largest absolute Gasteiger partial charge is 0.474 e. The van der Waals surface area contributed by atoms with Crippen LogP contribution >= 0.6 is 31.9 Å². The van der Waals surface area contributed by atoms with Crippen molar-refractivity contribution in [2.24, 2.45) is 5.14 Å². The van der Waals surface area contributed by atoms with Gasteiger partial charge in [0.1, 0.15) is 19.5 Å². The van der Waals surface area contributed by atoms with Crippen molar-refractivity contribution >= 4 is 42.1 Å². The number of nitrogens with two attached hydrogens (primary N) is 1. The van der Waals surface area contributed by atoms with E-state index in [1.165, 1.54) is 13.4 Å². The Balaban J connectivity index is 1.89. The number of ether oxygens (including phenoxy) is 3. The summed E-state index contributed by atoms with van der Waals surface area (Å²) >= 11 is 6.66. The lowest BCUT2D eigenvalue weighted by atomic mass is 10.0. The number of aromatic nitrogens is 4. The molecular weight excluding hydrogens is 584 g/mol. The molecule has 0 bridgehead atoms. The SMILES string of the molecule is COCC(NS(N)(=O)=O)c1ncnc(OCCOc2ncc(Br)cn2)c1-c1ccc(Br)cc1. The van der Waals surface area contributed by atoms with E-state index < -0.39 is 16.3 Å². The van der Waals surface area contributed by atoms with Gasteiger partial charge < -0.3 is 14.2 Å². The maximum Gasteiger partial charge on any atom is 0.316 e. The van der Waals surface area contributed by atoms with E-state index in [0.717, 1.165) is 8.95 Å². The Morgan fingerprint density at radius 1 is 1.00 bits per heavy atom. The Bertz CT molecular complexity index is 1170. The molecule has 0 aliphatic heterocycles. The summed E-state index contributed by atoms with van der Waals surface area (Å²) in [6, 6.07) is 6.65. The predicted octanol–water partition coefficient (Wildman–Crippen LogP) is 2.40. The van der Waals surface area contributed by atoms with Gasteiger partial charge in [0, 0.05) is 24.0 Å². The third-order valence-electron chi connectivity index (χ3n) is 4.09. The van der Waals surface area contributed by atoms with Gasteiger partial charge in [0.15, 0.2) is 0 Å². The molecule has 0 fully saturated rings. The molecule has 1 unspecified atom stereocenters. The predicted molar refractivity (Wildman–Crippen MR) is 127 cm³/mol. The summed E-state index contributed by atoms with van der Waals surface area (Å²) in [4.78, 5) is 16.6. The average Bonchev–Trinajstić information content (AvgIpc) is 2.77. The zero-order chi connectivity index (χ0) is 23.8. The summed E-state index contributed by atoms with van der Waals surface area (Å²) in [5.74, 6) is 0.236. The van der Waals surface area contributed by atoms with Crippen molar-refractivity contribution in [2.75, 3.05) is 26.9 Å². The monoisotopic (exact) mass is 602 g/mol. The number of methoxy groups -OCH3 is 1. The highest BCUT2D eigenvalue weighted by molar-refractivity contribution is 9.10. The summed E-state index contributed by atoms with van der Waals surface area (Å²) in [6.07, 6.45) is 4.42. The Hall–Kier alpha value is -2.23. The molecule has 3 N–H and O–H groups in total. The van der Waals surface area contributed by atoms with Crippen LogP contribution in [0.15, 0.2) is 51.9 Å². The van der Waals surface area contributed by atoms with Crippen molar-refractivity contribution < 1.29 is 22.6 Å². The van der Waals surface area contributed by atoms with Gasteiger partial charge in [0.2, 0.25) is 5.88 Å². The highest BCUT2D eigenvalue weighted by Crippen LogP contribution is 2.34. The first-order valence-electron chi connectivity index (χ1n) is 9.40. The molecule has 33 heavy (non-hydrogen) atoms. The van der Waals surface area contributed by atoms with Crippen molar-refractivity contribution in [3.63, 3.8) is 0 Å². The molecule has 0 amide bonds. The number of benzene rings is 1. The van der Waals surface area contributed by atoms with Crippen LogP contribution in [0.3, 0.4) is 0 Å². The zero-order valence-electron chi connectivity index (χ0n) is 17.3.